The molecule has 0 atom stereocenters. The van der Waals surface area contributed by atoms with Crippen LogP contribution in [0.2, 0.25) is 0 Å². The summed E-state index contributed by atoms with van der Waals surface area (Å²) in [6.45, 7) is 4.16. The van der Waals surface area contributed by atoms with Crippen molar-refractivity contribution in [1.29, 1.82) is 5.26 Å². The van der Waals surface area contributed by atoms with E-state index in [0.717, 1.165) is 29.9 Å². The van der Waals surface area contributed by atoms with Gasteiger partial charge in [-0.2, -0.15) is 5.26 Å². The topological polar surface area (TPSA) is 102 Å². The van der Waals surface area contributed by atoms with Crippen molar-refractivity contribution in [2.24, 2.45) is 0 Å². The van der Waals surface area contributed by atoms with Crippen LogP contribution in [-0.4, -0.2) is 31.0 Å². The highest BCUT2D eigenvalue weighted by molar-refractivity contribution is 7.99. The summed E-state index contributed by atoms with van der Waals surface area (Å²) in [4.78, 5) is 13.0. The number of benzene rings is 1. The maximum Gasteiger partial charge on any atom is 0.235 e. The van der Waals surface area contributed by atoms with Gasteiger partial charge in [0.1, 0.15) is 23.5 Å². The van der Waals surface area contributed by atoms with E-state index in [1.165, 1.54) is 17.8 Å². The van der Waals surface area contributed by atoms with Crippen molar-refractivity contribution in [3.8, 4) is 17.5 Å². The molecule has 1 aromatic carbocycles. The van der Waals surface area contributed by atoms with Crippen LogP contribution in [0.1, 0.15) is 41.5 Å². The van der Waals surface area contributed by atoms with Gasteiger partial charge in [-0.3, -0.25) is 9.36 Å². The fraction of sp³-hybridized carbons (Fsp3) is 0.280. The Morgan fingerprint density at radius 2 is 2.06 bits per heavy atom. The van der Waals surface area contributed by atoms with Gasteiger partial charge in [0.2, 0.25) is 5.91 Å². The van der Waals surface area contributed by atoms with E-state index in [2.05, 4.69) is 21.6 Å². The zero-order valence-electron chi connectivity index (χ0n) is 19.3. The van der Waals surface area contributed by atoms with Crippen molar-refractivity contribution < 1.29 is 13.6 Å². The van der Waals surface area contributed by atoms with E-state index < -0.39 is 0 Å². The van der Waals surface area contributed by atoms with Crippen molar-refractivity contribution in [3.05, 3.63) is 71.1 Å². The molecule has 3 heterocycles. The zero-order valence-corrected chi connectivity index (χ0v) is 20.1. The first-order valence-corrected chi connectivity index (χ1v) is 12.2. The van der Waals surface area contributed by atoms with Gasteiger partial charge < -0.3 is 14.3 Å². The van der Waals surface area contributed by atoms with E-state index in [1.807, 2.05) is 29.0 Å². The minimum absolute atomic E-state index is 0.0665. The Kier molecular flexibility index (Phi) is 6.17. The van der Waals surface area contributed by atoms with Crippen LogP contribution < -0.4 is 5.32 Å². The van der Waals surface area contributed by atoms with Crippen LogP contribution in [0.25, 0.3) is 11.4 Å². The first kappa shape index (κ1) is 22.9. The number of nitrogens with zero attached hydrogens (tertiary/aromatic N) is 5. The van der Waals surface area contributed by atoms with Gasteiger partial charge in [-0.15, -0.1) is 10.2 Å². The van der Waals surface area contributed by atoms with E-state index in [9.17, 15) is 14.4 Å². The molecule has 1 N–H and O–H groups in total. The Hall–Kier alpha value is -3.84. The summed E-state index contributed by atoms with van der Waals surface area (Å²) in [5.41, 5.74) is 2.51. The van der Waals surface area contributed by atoms with Crippen molar-refractivity contribution in [3.63, 3.8) is 0 Å². The third-order valence-corrected chi connectivity index (χ3v) is 7.06. The number of furan rings is 1. The van der Waals surface area contributed by atoms with Crippen LogP contribution >= 0.6 is 11.8 Å². The highest BCUT2D eigenvalue weighted by atomic mass is 32.2. The van der Waals surface area contributed by atoms with Crippen LogP contribution in [0.5, 0.6) is 0 Å². The SMILES string of the molecule is Cc1c(C#N)c(NC(=O)CSc2nnc(-c3ccccc3F)n2C2CC2)n(Cc2ccco2)c1C. The normalized spacial score (nSPS) is 13.1. The molecule has 0 bridgehead atoms. The number of halogens is 1. The Balaban J connectivity index is 1.36. The maximum absolute atomic E-state index is 14.4. The number of aromatic nitrogens is 4. The number of carbonyl (C=O) groups is 1. The maximum atomic E-state index is 14.4. The Morgan fingerprint density at radius 3 is 2.74 bits per heavy atom. The number of thioether (sulfide) groups is 1. The first-order valence-electron chi connectivity index (χ1n) is 11.2. The number of carbonyl (C=O) groups excluding carboxylic acids is 1. The van der Waals surface area contributed by atoms with E-state index in [1.54, 1.807) is 30.5 Å². The van der Waals surface area contributed by atoms with Crippen LogP contribution in [0.3, 0.4) is 0 Å². The highest BCUT2D eigenvalue weighted by Crippen LogP contribution is 2.41. The molecule has 0 spiro atoms. The molecule has 5 rings (SSSR count). The number of hydrogen-bond donors (Lipinski definition) is 1. The molecule has 1 aliphatic carbocycles. The van der Waals surface area contributed by atoms with Crippen LogP contribution in [0.4, 0.5) is 10.2 Å². The number of nitriles is 1. The molecule has 0 saturated heterocycles. The second-order valence-corrected chi connectivity index (χ2v) is 9.38. The largest absolute Gasteiger partial charge is 0.467 e. The number of anilines is 1. The van der Waals surface area contributed by atoms with Crippen molar-refractivity contribution in [2.75, 3.05) is 11.1 Å². The summed E-state index contributed by atoms with van der Waals surface area (Å²) in [5.74, 6) is 1.07. The summed E-state index contributed by atoms with van der Waals surface area (Å²) in [7, 11) is 0. The van der Waals surface area contributed by atoms with Crippen molar-refractivity contribution in [2.45, 2.75) is 44.4 Å². The van der Waals surface area contributed by atoms with Crippen LogP contribution in [0, 0.1) is 31.0 Å². The summed E-state index contributed by atoms with van der Waals surface area (Å²) >= 11 is 1.24. The number of nitrogens with one attached hydrogen (secondary N) is 1. The second kappa shape index (κ2) is 9.43. The molecule has 8 nitrogen and oxygen atoms in total. The zero-order chi connectivity index (χ0) is 24.5. The molecule has 1 saturated carbocycles. The quantitative estimate of drug-likeness (QED) is 0.346. The summed E-state index contributed by atoms with van der Waals surface area (Å²) in [6, 6.07) is 12.5. The van der Waals surface area contributed by atoms with Crippen LogP contribution in [0.15, 0.2) is 52.2 Å². The van der Waals surface area contributed by atoms with Gasteiger partial charge in [0.05, 0.1) is 29.7 Å². The van der Waals surface area contributed by atoms with Gasteiger partial charge in [0.15, 0.2) is 11.0 Å². The van der Waals surface area contributed by atoms with E-state index >= 15 is 0 Å². The van der Waals surface area contributed by atoms with Crippen molar-refractivity contribution >= 4 is 23.5 Å². The van der Waals surface area contributed by atoms with Gasteiger partial charge in [0.25, 0.3) is 0 Å². The lowest BCUT2D eigenvalue weighted by molar-refractivity contribution is -0.113. The molecule has 35 heavy (non-hydrogen) atoms. The average Bonchev–Trinajstić information content (AvgIpc) is 3.30. The second-order valence-electron chi connectivity index (χ2n) is 8.44. The molecule has 4 aromatic rings. The minimum atomic E-state index is -0.358. The number of amides is 1. The molecule has 0 aliphatic heterocycles. The Bertz CT molecular complexity index is 1430. The lowest BCUT2D eigenvalue weighted by Crippen LogP contribution is -2.19. The standard InChI is InChI=1S/C25H23FN6O2S/c1-15-16(2)31(13-18-6-5-11-34-18)23(20(15)12-27)28-22(33)14-35-25-30-29-24(32(25)17-9-10-17)19-7-3-4-8-21(19)26/h3-8,11,17H,9-10,13-14H2,1-2H3,(H,28,33). The third-order valence-electron chi connectivity index (χ3n) is 6.12. The highest BCUT2D eigenvalue weighted by Gasteiger charge is 2.31. The fourth-order valence-electron chi connectivity index (χ4n) is 4.05. The molecule has 178 valence electrons. The average molecular weight is 491 g/mol. The lowest BCUT2D eigenvalue weighted by Gasteiger charge is -2.12. The molecular weight excluding hydrogens is 467 g/mol. The first-order chi connectivity index (χ1) is 17.0. The summed E-state index contributed by atoms with van der Waals surface area (Å²) in [6.07, 6.45) is 3.51. The molecule has 1 amide bonds. The van der Waals surface area contributed by atoms with E-state index in [-0.39, 0.29) is 23.5 Å². The van der Waals surface area contributed by atoms with Crippen molar-refractivity contribution in [1.82, 2.24) is 19.3 Å². The summed E-state index contributed by atoms with van der Waals surface area (Å²) in [5, 5.41) is 21.7. The smallest absolute Gasteiger partial charge is 0.235 e. The van der Waals surface area contributed by atoms with Gasteiger partial charge >= 0.3 is 0 Å². The fourth-order valence-corrected chi connectivity index (χ4v) is 4.85. The van der Waals surface area contributed by atoms with E-state index in [4.69, 9.17) is 4.42 Å². The van der Waals surface area contributed by atoms with Gasteiger partial charge in [-0.1, -0.05) is 23.9 Å². The van der Waals surface area contributed by atoms with Gasteiger partial charge in [0, 0.05) is 11.7 Å². The molecule has 3 aromatic heterocycles. The molecule has 1 aliphatic rings. The van der Waals surface area contributed by atoms with Gasteiger partial charge in [-0.05, 0) is 56.5 Å². The van der Waals surface area contributed by atoms with E-state index in [0.29, 0.717) is 34.5 Å². The monoisotopic (exact) mass is 490 g/mol. The molecular formula is C25H23FN6O2S. The predicted molar refractivity (Wildman–Crippen MR) is 129 cm³/mol. The number of rotatable bonds is 8. The lowest BCUT2D eigenvalue weighted by atomic mass is 10.2. The molecule has 0 radical (unpaired) electrons. The van der Waals surface area contributed by atoms with Gasteiger partial charge in [-0.25, -0.2) is 4.39 Å². The minimum Gasteiger partial charge on any atom is -0.467 e. The van der Waals surface area contributed by atoms with Crippen LogP contribution in [-0.2, 0) is 11.3 Å². The molecule has 10 heteroatoms. The summed E-state index contributed by atoms with van der Waals surface area (Å²) < 4.78 is 23.7. The molecule has 0 unspecified atom stereocenters. The predicted octanol–water partition coefficient (Wildman–Crippen LogP) is 5.08. The Morgan fingerprint density at radius 1 is 1.26 bits per heavy atom. The number of hydrogen-bond acceptors (Lipinski definition) is 6. The molecule has 1 fully saturated rings. The third kappa shape index (κ3) is 4.47. The Labute approximate surface area is 205 Å².